The van der Waals surface area contributed by atoms with Crippen LogP contribution in [0, 0.1) is 5.92 Å². The Morgan fingerprint density at radius 2 is 2.35 bits per heavy atom. The number of hydrogen-bond acceptors (Lipinski definition) is 4. The van der Waals surface area contributed by atoms with E-state index in [0.717, 1.165) is 5.56 Å². The molecule has 1 aliphatic rings. The Morgan fingerprint density at radius 3 is 3.00 bits per heavy atom. The molecule has 1 fully saturated rings. The van der Waals surface area contributed by atoms with Crippen LogP contribution in [0.5, 0.6) is 0 Å². The van der Waals surface area contributed by atoms with Gasteiger partial charge in [-0.15, -0.1) is 0 Å². The molecule has 7 heteroatoms. The van der Waals surface area contributed by atoms with Crippen molar-refractivity contribution in [2.75, 3.05) is 20.3 Å². The predicted molar refractivity (Wildman–Crippen MR) is 70.0 cm³/mol. The molecule has 0 aliphatic carbocycles. The first-order chi connectivity index (χ1) is 9.58. The molecule has 1 aliphatic heterocycles. The van der Waals surface area contributed by atoms with Gasteiger partial charge in [0.05, 0.1) is 19.3 Å². The summed E-state index contributed by atoms with van der Waals surface area (Å²) in [6, 6.07) is 2.86. The zero-order valence-corrected chi connectivity index (χ0v) is 11.2. The first-order valence-corrected chi connectivity index (χ1v) is 6.29. The molecule has 2 atom stereocenters. The number of carbonyl (C=O) groups excluding carboxylic acids is 1. The summed E-state index contributed by atoms with van der Waals surface area (Å²) < 4.78 is 5.11. The predicted octanol–water partition coefficient (Wildman–Crippen LogP) is 0.323. The Kier molecular flexibility index (Phi) is 4.52. The Balaban J connectivity index is 1.89. The number of hydrogen-bond donors (Lipinski definition) is 2. The third-order valence-corrected chi connectivity index (χ3v) is 3.20. The standard InChI is InChI=1S/C13H17N3O4/c1-16(6-9-3-2-4-14-5-9)13(19)15-11-8-20-7-10(11)12(17)18/h2-5,10-11H,6-8H2,1H3,(H,15,19)(H,17,18). The van der Waals surface area contributed by atoms with Crippen molar-refractivity contribution in [3.05, 3.63) is 30.1 Å². The molecular weight excluding hydrogens is 262 g/mol. The van der Waals surface area contributed by atoms with Gasteiger partial charge in [0.1, 0.15) is 5.92 Å². The summed E-state index contributed by atoms with van der Waals surface area (Å²) in [5, 5.41) is 11.7. The maximum Gasteiger partial charge on any atom is 0.317 e. The van der Waals surface area contributed by atoms with Crippen LogP contribution in [-0.4, -0.2) is 53.3 Å². The van der Waals surface area contributed by atoms with Gasteiger partial charge in [-0.05, 0) is 11.6 Å². The lowest BCUT2D eigenvalue weighted by Gasteiger charge is -2.22. The third kappa shape index (κ3) is 3.45. The van der Waals surface area contributed by atoms with Crippen LogP contribution in [0.3, 0.4) is 0 Å². The van der Waals surface area contributed by atoms with E-state index in [1.807, 2.05) is 6.07 Å². The molecule has 2 N–H and O–H groups in total. The summed E-state index contributed by atoms with van der Waals surface area (Å²) in [4.78, 5) is 28.5. The lowest BCUT2D eigenvalue weighted by Crippen LogP contribution is -2.47. The maximum absolute atomic E-state index is 12.0. The zero-order chi connectivity index (χ0) is 14.5. The number of carboxylic acid groups (broad SMARTS) is 1. The average molecular weight is 279 g/mol. The highest BCUT2D eigenvalue weighted by molar-refractivity contribution is 5.77. The van der Waals surface area contributed by atoms with E-state index < -0.39 is 17.9 Å². The van der Waals surface area contributed by atoms with Crippen LogP contribution in [-0.2, 0) is 16.1 Å². The maximum atomic E-state index is 12.0. The monoisotopic (exact) mass is 279 g/mol. The highest BCUT2D eigenvalue weighted by Crippen LogP contribution is 2.14. The molecule has 1 saturated heterocycles. The minimum atomic E-state index is -0.956. The number of aromatic nitrogens is 1. The van der Waals surface area contributed by atoms with Crippen LogP contribution in [0.2, 0.25) is 0 Å². The van der Waals surface area contributed by atoms with Crippen LogP contribution in [0.1, 0.15) is 5.56 Å². The van der Waals surface area contributed by atoms with E-state index in [4.69, 9.17) is 9.84 Å². The van der Waals surface area contributed by atoms with Gasteiger partial charge < -0.3 is 20.1 Å². The van der Waals surface area contributed by atoms with Crippen molar-refractivity contribution in [3.8, 4) is 0 Å². The van der Waals surface area contributed by atoms with Crippen molar-refractivity contribution in [2.45, 2.75) is 12.6 Å². The van der Waals surface area contributed by atoms with Crippen molar-refractivity contribution in [1.29, 1.82) is 0 Å². The van der Waals surface area contributed by atoms with Crippen molar-refractivity contribution in [2.24, 2.45) is 5.92 Å². The molecule has 2 unspecified atom stereocenters. The fourth-order valence-corrected chi connectivity index (χ4v) is 2.05. The molecule has 1 aromatic rings. The Bertz CT molecular complexity index is 480. The van der Waals surface area contributed by atoms with Gasteiger partial charge in [-0.1, -0.05) is 6.07 Å². The topological polar surface area (TPSA) is 91.8 Å². The third-order valence-electron chi connectivity index (χ3n) is 3.20. The number of nitrogens with one attached hydrogen (secondary N) is 1. The summed E-state index contributed by atoms with van der Waals surface area (Å²) >= 11 is 0. The molecule has 20 heavy (non-hydrogen) atoms. The number of carbonyl (C=O) groups is 2. The van der Waals surface area contributed by atoms with Crippen LogP contribution >= 0.6 is 0 Å². The molecule has 1 aromatic heterocycles. The van der Waals surface area contributed by atoms with Gasteiger partial charge in [0.25, 0.3) is 0 Å². The minimum absolute atomic E-state index is 0.132. The lowest BCUT2D eigenvalue weighted by atomic mass is 10.0. The Hall–Kier alpha value is -2.15. The highest BCUT2D eigenvalue weighted by Gasteiger charge is 2.35. The minimum Gasteiger partial charge on any atom is -0.481 e. The number of urea groups is 1. The molecule has 2 rings (SSSR count). The van der Waals surface area contributed by atoms with Crippen molar-refractivity contribution >= 4 is 12.0 Å². The molecule has 0 radical (unpaired) electrons. The first-order valence-electron chi connectivity index (χ1n) is 6.29. The molecule has 108 valence electrons. The summed E-state index contributed by atoms with van der Waals surface area (Å²) in [6.07, 6.45) is 3.35. The van der Waals surface area contributed by atoms with Crippen LogP contribution in [0.25, 0.3) is 0 Å². The van der Waals surface area contributed by atoms with Crippen LogP contribution < -0.4 is 5.32 Å². The number of aliphatic carboxylic acids is 1. The second kappa shape index (κ2) is 6.33. The highest BCUT2D eigenvalue weighted by atomic mass is 16.5. The fraction of sp³-hybridized carbons (Fsp3) is 0.462. The summed E-state index contributed by atoms with van der Waals surface area (Å²) in [6.45, 7) is 0.765. The van der Waals surface area contributed by atoms with E-state index in [1.54, 1.807) is 25.5 Å². The van der Waals surface area contributed by atoms with Crippen molar-refractivity contribution < 1.29 is 19.4 Å². The van der Waals surface area contributed by atoms with E-state index >= 15 is 0 Å². The Morgan fingerprint density at radius 1 is 1.55 bits per heavy atom. The van der Waals surface area contributed by atoms with Gasteiger partial charge in [-0.25, -0.2) is 4.79 Å². The second-order valence-electron chi connectivity index (χ2n) is 4.76. The van der Waals surface area contributed by atoms with Crippen LogP contribution in [0.4, 0.5) is 4.79 Å². The lowest BCUT2D eigenvalue weighted by molar-refractivity contribution is -0.142. The Labute approximate surface area is 116 Å². The smallest absolute Gasteiger partial charge is 0.317 e. The molecule has 0 spiro atoms. The number of carboxylic acids is 1. The van der Waals surface area contributed by atoms with E-state index in [9.17, 15) is 9.59 Å². The van der Waals surface area contributed by atoms with E-state index in [1.165, 1.54) is 4.90 Å². The van der Waals surface area contributed by atoms with Gasteiger partial charge in [0.2, 0.25) is 0 Å². The van der Waals surface area contributed by atoms with Gasteiger partial charge >= 0.3 is 12.0 Å². The molecule has 7 nitrogen and oxygen atoms in total. The van der Waals surface area contributed by atoms with Gasteiger partial charge in [-0.2, -0.15) is 0 Å². The quantitative estimate of drug-likeness (QED) is 0.828. The molecule has 2 amide bonds. The zero-order valence-electron chi connectivity index (χ0n) is 11.2. The number of amides is 2. The van der Waals surface area contributed by atoms with Crippen LogP contribution in [0.15, 0.2) is 24.5 Å². The summed E-state index contributed by atoms with van der Waals surface area (Å²) in [5.74, 6) is -1.64. The van der Waals surface area contributed by atoms with E-state index in [-0.39, 0.29) is 19.2 Å². The summed E-state index contributed by atoms with van der Waals surface area (Å²) in [5.41, 5.74) is 0.905. The number of ether oxygens (including phenoxy) is 1. The molecule has 0 aromatic carbocycles. The molecule has 0 saturated carbocycles. The fourth-order valence-electron chi connectivity index (χ4n) is 2.05. The van der Waals surface area contributed by atoms with Crippen molar-refractivity contribution in [3.63, 3.8) is 0 Å². The largest absolute Gasteiger partial charge is 0.481 e. The molecular formula is C13H17N3O4. The molecule has 0 bridgehead atoms. The first kappa shape index (κ1) is 14.3. The van der Waals surface area contributed by atoms with Gasteiger partial charge in [-0.3, -0.25) is 9.78 Å². The normalized spacial score (nSPS) is 21.4. The number of nitrogens with zero attached hydrogens (tertiary/aromatic N) is 2. The van der Waals surface area contributed by atoms with Gasteiger partial charge in [0, 0.05) is 26.0 Å². The summed E-state index contributed by atoms with van der Waals surface area (Å²) in [7, 11) is 1.65. The average Bonchev–Trinajstić information content (AvgIpc) is 2.88. The number of pyridine rings is 1. The van der Waals surface area contributed by atoms with E-state index in [2.05, 4.69) is 10.3 Å². The van der Waals surface area contributed by atoms with Crippen molar-refractivity contribution in [1.82, 2.24) is 15.2 Å². The SMILES string of the molecule is CN(Cc1cccnc1)C(=O)NC1COCC1C(=O)O. The number of rotatable bonds is 4. The van der Waals surface area contributed by atoms with E-state index in [0.29, 0.717) is 6.54 Å². The molecule has 2 heterocycles. The van der Waals surface area contributed by atoms with Gasteiger partial charge in [0.15, 0.2) is 0 Å². The second-order valence-corrected chi connectivity index (χ2v) is 4.76.